The molecule has 0 unspecified atom stereocenters. The van der Waals surface area contributed by atoms with Crippen LogP contribution >= 0.6 is 0 Å². The molecule has 0 aromatic carbocycles. The topological polar surface area (TPSA) is 32.6 Å². The summed E-state index contributed by atoms with van der Waals surface area (Å²) in [7, 11) is 0. The van der Waals surface area contributed by atoms with Crippen LogP contribution in [0, 0.1) is 0 Å². The maximum atomic E-state index is 12.4. The van der Waals surface area contributed by atoms with Crippen molar-refractivity contribution in [1.82, 2.24) is 0 Å². The van der Waals surface area contributed by atoms with E-state index in [0.29, 0.717) is 6.42 Å². The van der Waals surface area contributed by atoms with Crippen molar-refractivity contribution in [3.8, 4) is 0 Å². The average molecular weight is 169 g/mol. The lowest BCUT2D eigenvalue weighted by atomic mass is 10.2. The Labute approximate surface area is 71.4 Å². The molecule has 3 heteroatoms. The monoisotopic (exact) mass is 169 g/mol. The molecule has 0 aliphatic heterocycles. The third-order valence-electron chi connectivity index (χ3n) is 1.22. The molecule has 0 atom stereocenters. The Balaban J connectivity index is 4.08. The van der Waals surface area contributed by atoms with Gasteiger partial charge in [-0.3, -0.25) is 0 Å². The van der Waals surface area contributed by atoms with Crippen molar-refractivity contribution >= 4 is 6.21 Å². The molecule has 0 fully saturated rings. The van der Waals surface area contributed by atoms with Gasteiger partial charge in [0.1, 0.15) is 5.83 Å². The Morgan fingerprint density at radius 2 is 2.25 bits per heavy atom. The van der Waals surface area contributed by atoms with Gasteiger partial charge in [-0.15, -0.1) is 5.16 Å². The fourth-order valence-electron chi connectivity index (χ4n) is 0.543. The lowest BCUT2D eigenvalue weighted by molar-refractivity contribution is 0.321. The van der Waals surface area contributed by atoms with E-state index in [4.69, 9.17) is 5.21 Å². The summed E-state index contributed by atoms with van der Waals surface area (Å²) in [5.74, 6) is -0.379. The van der Waals surface area contributed by atoms with Gasteiger partial charge in [-0.2, -0.15) is 0 Å². The van der Waals surface area contributed by atoms with Crippen LogP contribution in [0.15, 0.2) is 41.4 Å². The Morgan fingerprint density at radius 1 is 1.58 bits per heavy atom. The number of hydrogen-bond acceptors (Lipinski definition) is 2. The predicted molar refractivity (Wildman–Crippen MR) is 48.0 cm³/mol. The summed E-state index contributed by atoms with van der Waals surface area (Å²) in [6.45, 7) is 5.08. The number of hydrogen-bond donors (Lipinski definition) is 1. The summed E-state index contributed by atoms with van der Waals surface area (Å²) in [5.41, 5.74) is 0.907. The molecule has 0 aliphatic rings. The van der Waals surface area contributed by atoms with E-state index in [0.717, 1.165) is 11.6 Å². The van der Waals surface area contributed by atoms with Gasteiger partial charge < -0.3 is 5.21 Å². The van der Waals surface area contributed by atoms with Crippen molar-refractivity contribution in [2.45, 2.75) is 13.3 Å². The molecule has 0 saturated carbocycles. The second kappa shape index (κ2) is 6.34. The summed E-state index contributed by atoms with van der Waals surface area (Å²) in [5, 5.41) is 10.9. The van der Waals surface area contributed by atoms with E-state index in [2.05, 4.69) is 11.7 Å². The van der Waals surface area contributed by atoms with Crippen molar-refractivity contribution in [1.29, 1.82) is 0 Å². The molecular formula is C9H12FNO. The van der Waals surface area contributed by atoms with Gasteiger partial charge in [-0.25, -0.2) is 4.39 Å². The number of oxime groups is 1. The van der Waals surface area contributed by atoms with Gasteiger partial charge in [0.05, 0.1) is 0 Å². The number of nitrogens with zero attached hydrogens (tertiary/aromatic N) is 1. The fourth-order valence-corrected chi connectivity index (χ4v) is 0.543. The first-order valence-corrected chi connectivity index (χ1v) is 3.52. The lowest BCUT2D eigenvalue weighted by Crippen LogP contribution is -1.77. The molecule has 12 heavy (non-hydrogen) atoms. The largest absolute Gasteiger partial charge is 0.411 e. The molecular weight excluding hydrogens is 157 g/mol. The molecule has 0 spiro atoms. The Bertz CT molecular complexity index is 229. The minimum Gasteiger partial charge on any atom is -0.411 e. The maximum Gasteiger partial charge on any atom is 0.122 e. The Hall–Kier alpha value is -1.38. The van der Waals surface area contributed by atoms with Crippen LogP contribution in [0.3, 0.4) is 0 Å². The smallest absolute Gasteiger partial charge is 0.122 e. The van der Waals surface area contributed by atoms with Crippen LogP contribution in [0.1, 0.15) is 13.3 Å². The molecule has 1 N–H and O–H groups in total. The van der Waals surface area contributed by atoms with Crippen molar-refractivity contribution in [3.05, 3.63) is 36.2 Å². The summed E-state index contributed by atoms with van der Waals surface area (Å²) in [6, 6.07) is 0. The first-order valence-electron chi connectivity index (χ1n) is 3.52. The van der Waals surface area contributed by atoms with E-state index < -0.39 is 0 Å². The average Bonchev–Trinajstić information content (AvgIpc) is 2.10. The summed E-state index contributed by atoms with van der Waals surface area (Å²) < 4.78 is 12.4. The van der Waals surface area contributed by atoms with Crippen LogP contribution in [0.4, 0.5) is 4.39 Å². The van der Waals surface area contributed by atoms with Gasteiger partial charge >= 0.3 is 0 Å². The molecule has 0 aliphatic carbocycles. The molecule has 0 rings (SSSR count). The van der Waals surface area contributed by atoms with Crippen molar-refractivity contribution in [3.63, 3.8) is 0 Å². The number of allylic oxidation sites excluding steroid dienone is 5. The van der Waals surface area contributed by atoms with E-state index in [-0.39, 0.29) is 5.83 Å². The molecule has 0 radical (unpaired) electrons. The zero-order valence-corrected chi connectivity index (χ0v) is 7.00. The van der Waals surface area contributed by atoms with Crippen molar-refractivity contribution < 1.29 is 9.60 Å². The van der Waals surface area contributed by atoms with Crippen LogP contribution in [0.5, 0.6) is 0 Å². The molecule has 0 aromatic rings. The van der Waals surface area contributed by atoms with E-state index in [1.54, 1.807) is 6.08 Å². The van der Waals surface area contributed by atoms with Crippen molar-refractivity contribution in [2.24, 2.45) is 5.16 Å². The second-order valence-electron chi connectivity index (χ2n) is 2.27. The quantitative estimate of drug-likeness (QED) is 0.298. The van der Waals surface area contributed by atoms with Gasteiger partial charge in [-0.05, 0) is 19.1 Å². The van der Waals surface area contributed by atoms with Gasteiger partial charge in [0, 0.05) is 12.6 Å². The predicted octanol–water partition coefficient (Wildman–Crippen LogP) is 2.82. The minimum absolute atomic E-state index is 0.379. The minimum atomic E-state index is -0.379. The van der Waals surface area contributed by atoms with Crippen LogP contribution < -0.4 is 0 Å². The first-order chi connectivity index (χ1) is 5.70. The zero-order valence-electron chi connectivity index (χ0n) is 7.00. The van der Waals surface area contributed by atoms with Crippen LogP contribution in [0.2, 0.25) is 0 Å². The highest BCUT2D eigenvalue weighted by atomic mass is 19.1. The molecule has 0 saturated heterocycles. The van der Waals surface area contributed by atoms with Crippen molar-refractivity contribution in [2.75, 3.05) is 0 Å². The van der Waals surface area contributed by atoms with Gasteiger partial charge in [-0.1, -0.05) is 18.2 Å². The van der Waals surface area contributed by atoms with Gasteiger partial charge in [0.15, 0.2) is 0 Å². The third kappa shape index (κ3) is 5.41. The summed E-state index contributed by atoms with van der Waals surface area (Å²) in [6.07, 6.45) is 5.90. The van der Waals surface area contributed by atoms with Crippen LogP contribution in [-0.4, -0.2) is 11.4 Å². The number of halogens is 1. The Kier molecular flexibility index (Phi) is 5.61. The molecule has 0 amide bonds. The van der Waals surface area contributed by atoms with Gasteiger partial charge in [0.25, 0.3) is 0 Å². The lowest BCUT2D eigenvalue weighted by Gasteiger charge is -1.90. The van der Waals surface area contributed by atoms with Crippen LogP contribution in [-0.2, 0) is 0 Å². The van der Waals surface area contributed by atoms with Gasteiger partial charge in [0.2, 0.25) is 0 Å². The standard InChI is InChI=1S/C9H12FNO/c1-3-9(10)5-4-8(2)6-7-11-12/h3-5,7,12H,1,6H2,2H3/b8-4+,9-5+,11-7+. The molecule has 0 heterocycles. The van der Waals surface area contributed by atoms with E-state index in [1.807, 2.05) is 6.92 Å². The number of rotatable bonds is 4. The highest BCUT2D eigenvalue weighted by Gasteiger charge is 1.85. The van der Waals surface area contributed by atoms with E-state index in [1.165, 1.54) is 12.3 Å². The van der Waals surface area contributed by atoms with E-state index >= 15 is 0 Å². The first kappa shape index (κ1) is 10.6. The summed E-state index contributed by atoms with van der Waals surface area (Å²) in [4.78, 5) is 0. The molecule has 0 aromatic heterocycles. The highest BCUT2D eigenvalue weighted by Crippen LogP contribution is 2.02. The maximum absolute atomic E-state index is 12.4. The third-order valence-corrected chi connectivity index (χ3v) is 1.22. The second-order valence-corrected chi connectivity index (χ2v) is 2.27. The Morgan fingerprint density at radius 3 is 2.75 bits per heavy atom. The SMILES string of the molecule is C=C/C(F)=C\C=C(/C)C/C=N/O. The molecule has 66 valence electrons. The normalized spacial score (nSPS) is 13.8. The van der Waals surface area contributed by atoms with Crippen LogP contribution in [0.25, 0.3) is 0 Å². The zero-order chi connectivity index (χ0) is 9.40. The fraction of sp³-hybridized carbons (Fsp3) is 0.222. The molecule has 0 bridgehead atoms. The highest BCUT2D eigenvalue weighted by molar-refractivity contribution is 5.60. The van der Waals surface area contributed by atoms with E-state index in [9.17, 15) is 4.39 Å². The summed E-state index contributed by atoms with van der Waals surface area (Å²) >= 11 is 0. The molecule has 2 nitrogen and oxygen atoms in total.